The van der Waals surface area contributed by atoms with Gasteiger partial charge in [0.05, 0.1) is 6.54 Å². The van der Waals surface area contributed by atoms with E-state index < -0.39 is 0 Å². The summed E-state index contributed by atoms with van der Waals surface area (Å²) in [5.41, 5.74) is 5.33. The fraction of sp³-hybridized carbons (Fsp3) is 0.143. The molecule has 0 unspecified atom stereocenters. The molecular weight excluding hydrogens is 176 g/mol. The zero-order valence-electron chi connectivity index (χ0n) is 6.21. The molecule has 0 saturated carbocycles. The van der Waals surface area contributed by atoms with Crippen molar-refractivity contribution in [3.63, 3.8) is 0 Å². The number of terminal acetylenes is 1. The van der Waals surface area contributed by atoms with Gasteiger partial charge in [-0.3, -0.25) is 0 Å². The van der Waals surface area contributed by atoms with Gasteiger partial charge in [-0.05, 0) is 0 Å². The first-order valence-corrected chi connectivity index (χ1v) is 3.57. The van der Waals surface area contributed by atoms with Crippen molar-refractivity contribution in [1.29, 1.82) is 0 Å². The highest BCUT2D eigenvalue weighted by Crippen LogP contribution is 2.11. The molecule has 1 aromatic rings. The second-order valence-electron chi connectivity index (χ2n) is 1.99. The first-order chi connectivity index (χ1) is 5.72. The van der Waals surface area contributed by atoms with Gasteiger partial charge in [0.1, 0.15) is 11.0 Å². The smallest absolute Gasteiger partial charge is 0.223 e. The van der Waals surface area contributed by atoms with Crippen LogP contribution in [0.1, 0.15) is 0 Å². The Morgan fingerprint density at radius 2 is 2.42 bits per heavy atom. The van der Waals surface area contributed by atoms with Gasteiger partial charge >= 0.3 is 0 Å². The van der Waals surface area contributed by atoms with E-state index in [0.29, 0.717) is 17.5 Å². The summed E-state index contributed by atoms with van der Waals surface area (Å²) in [6.07, 6.45) is 5.03. The largest absolute Gasteiger partial charge is 0.368 e. The van der Waals surface area contributed by atoms with E-state index in [0.717, 1.165) is 0 Å². The van der Waals surface area contributed by atoms with E-state index in [1.165, 1.54) is 0 Å². The van der Waals surface area contributed by atoms with Crippen molar-refractivity contribution in [2.24, 2.45) is 0 Å². The second kappa shape index (κ2) is 3.79. The minimum absolute atomic E-state index is 0.127. The summed E-state index contributed by atoms with van der Waals surface area (Å²) in [7, 11) is 0. The lowest BCUT2D eigenvalue weighted by Gasteiger charge is -2.01. The van der Waals surface area contributed by atoms with Crippen molar-refractivity contribution in [3.05, 3.63) is 11.2 Å². The van der Waals surface area contributed by atoms with Gasteiger partial charge in [-0.25, -0.2) is 4.98 Å². The van der Waals surface area contributed by atoms with Gasteiger partial charge in [0.15, 0.2) is 0 Å². The molecule has 1 heterocycles. The number of halogens is 1. The summed E-state index contributed by atoms with van der Waals surface area (Å²) in [5, 5.41) is 3.12. The Labute approximate surface area is 75.2 Å². The summed E-state index contributed by atoms with van der Waals surface area (Å²) >= 11 is 5.61. The Balaban J connectivity index is 2.80. The van der Waals surface area contributed by atoms with Crippen LogP contribution in [0.15, 0.2) is 6.07 Å². The summed E-state index contributed by atoms with van der Waals surface area (Å²) in [4.78, 5) is 7.53. The molecule has 5 heteroatoms. The van der Waals surface area contributed by atoms with Gasteiger partial charge in [0, 0.05) is 6.07 Å². The molecule has 12 heavy (non-hydrogen) atoms. The van der Waals surface area contributed by atoms with Gasteiger partial charge in [-0.1, -0.05) is 17.5 Å². The summed E-state index contributed by atoms with van der Waals surface area (Å²) < 4.78 is 0. The standard InChI is InChI=1S/C7H7ClN4/c1-2-3-10-6-4-5(8)11-7(9)12-6/h1,4H,3H2,(H3,9,10,11,12). The third kappa shape index (κ3) is 2.29. The number of hydrogen-bond acceptors (Lipinski definition) is 4. The minimum atomic E-state index is 0.127. The average molecular weight is 183 g/mol. The van der Waals surface area contributed by atoms with Crippen molar-refractivity contribution < 1.29 is 0 Å². The molecule has 0 radical (unpaired) electrons. The number of nitrogens with one attached hydrogen (secondary N) is 1. The number of nitrogens with two attached hydrogens (primary N) is 1. The van der Waals surface area contributed by atoms with Crippen LogP contribution < -0.4 is 11.1 Å². The highest BCUT2D eigenvalue weighted by molar-refractivity contribution is 6.29. The Hall–Kier alpha value is -1.47. The van der Waals surface area contributed by atoms with Gasteiger partial charge in [0.25, 0.3) is 0 Å². The fourth-order valence-electron chi connectivity index (χ4n) is 0.667. The van der Waals surface area contributed by atoms with E-state index in [2.05, 4.69) is 21.2 Å². The summed E-state index contributed by atoms with van der Waals surface area (Å²) in [5.74, 6) is 3.06. The first kappa shape index (κ1) is 8.62. The van der Waals surface area contributed by atoms with Gasteiger partial charge in [0.2, 0.25) is 5.95 Å². The minimum Gasteiger partial charge on any atom is -0.368 e. The molecule has 0 aromatic carbocycles. The molecule has 0 amide bonds. The summed E-state index contributed by atoms with van der Waals surface area (Å²) in [6, 6.07) is 1.55. The molecule has 0 saturated heterocycles. The van der Waals surface area contributed by atoms with Crippen LogP contribution in [0.4, 0.5) is 11.8 Å². The van der Waals surface area contributed by atoms with Crippen LogP contribution in [0.5, 0.6) is 0 Å². The summed E-state index contributed by atoms with van der Waals surface area (Å²) in [6.45, 7) is 0.382. The Morgan fingerprint density at radius 3 is 3.00 bits per heavy atom. The number of nitrogen functional groups attached to an aromatic ring is 1. The van der Waals surface area contributed by atoms with Crippen LogP contribution in [0.25, 0.3) is 0 Å². The zero-order chi connectivity index (χ0) is 8.97. The predicted molar refractivity (Wildman–Crippen MR) is 48.8 cm³/mol. The lowest BCUT2D eigenvalue weighted by molar-refractivity contribution is 1.16. The van der Waals surface area contributed by atoms with Crippen LogP contribution in [-0.4, -0.2) is 16.5 Å². The molecular formula is C7H7ClN4. The number of rotatable bonds is 2. The van der Waals surface area contributed by atoms with Gasteiger partial charge < -0.3 is 11.1 Å². The third-order valence-electron chi connectivity index (χ3n) is 1.08. The second-order valence-corrected chi connectivity index (χ2v) is 2.38. The Bertz CT molecular complexity index is 297. The number of aromatic nitrogens is 2. The van der Waals surface area contributed by atoms with Crippen LogP contribution in [0.3, 0.4) is 0 Å². The van der Waals surface area contributed by atoms with Crippen molar-refractivity contribution in [2.45, 2.75) is 0 Å². The molecule has 0 bridgehead atoms. The average Bonchev–Trinajstić information content (AvgIpc) is 1.99. The number of anilines is 2. The SMILES string of the molecule is C#CCNc1cc(Cl)nc(N)n1. The topological polar surface area (TPSA) is 63.8 Å². The molecule has 1 aromatic heterocycles. The van der Waals surface area contributed by atoms with Crippen molar-refractivity contribution in [2.75, 3.05) is 17.6 Å². The van der Waals surface area contributed by atoms with E-state index in [4.69, 9.17) is 23.8 Å². The number of nitrogens with zero attached hydrogens (tertiary/aromatic N) is 2. The van der Waals surface area contributed by atoms with E-state index in [-0.39, 0.29) is 5.95 Å². The van der Waals surface area contributed by atoms with Crippen LogP contribution >= 0.6 is 11.6 Å². The molecule has 1 rings (SSSR count). The van der Waals surface area contributed by atoms with E-state index in [1.807, 2.05) is 0 Å². The normalized spacial score (nSPS) is 9.00. The monoisotopic (exact) mass is 182 g/mol. The number of hydrogen-bond donors (Lipinski definition) is 2. The molecule has 3 N–H and O–H groups in total. The maximum atomic E-state index is 5.61. The Kier molecular flexibility index (Phi) is 2.72. The van der Waals surface area contributed by atoms with E-state index in [9.17, 15) is 0 Å². The lowest BCUT2D eigenvalue weighted by Crippen LogP contribution is -2.03. The van der Waals surface area contributed by atoms with Gasteiger partial charge in [-0.15, -0.1) is 6.42 Å². The molecule has 0 spiro atoms. The maximum Gasteiger partial charge on any atom is 0.223 e. The van der Waals surface area contributed by atoms with Crippen LogP contribution in [0, 0.1) is 12.3 Å². The van der Waals surface area contributed by atoms with Crippen molar-refractivity contribution in [1.82, 2.24) is 9.97 Å². The molecule has 0 aliphatic carbocycles. The fourth-order valence-corrected chi connectivity index (χ4v) is 0.857. The van der Waals surface area contributed by atoms with Crippen molar-refractivity contribution in [3.8, 4) is 12.3 Å². The molecule has 0 atom stereocenters. The molecule has 0 aliphatic heterocycles. The quantitative estimate of drug-likeness (QED) is 0.524. The lowest BCUT2D eigenvalue weighted by atomic mass is 10.5. The molecule has 62 valence electrons. The third-order valence-corrected chi connectivity index (χ3v) is 1.28. The van der Waals surface area contributed by atoms with Crippen molar-refractivity contribution >= 4 is 23.4 Å². The molecule has 0 fully saturated rings. The highest BCUT2D eigenvalue weighted by atomic mass is 35.5. The van der Waals surface area contributed by atoms with E-state index in [1.54, 1.807) is 6.07 Å². The zero-order valence-corrected chi connectivity index (χ0v) is 6.97. The maximum absolute atomic E-state index is 5.61. The first-order valence-electron chi connectivity index (χ1n) is 3.20. The Morgan fingerprint density at radius 1 is 1.67 bits per heavy atom. The van der Waals surface area contributed by atoms with Crippen LogP contribution in [0.2, 0.25) is 5.15 Å². The highest BCUT2D eigenvalue weighted by Gasteiger charge is 1.97. The predicted octanol–water partition coefficient (Wildman–Crippen LogP) is 0.757. The van der Waals surface area contributed by atoms with Crippen LogP contribution in [-0.2, 0) is 0 Å². The molecule has 4 nitrogen and oxygen atoms in total. The molecule has 0 aliphatic rings. The van der Waals surface area contributed by atoms with E-state index >= 15 is 0 Å². The van der Waals surface area contributed by atoms with Gasteiger partial charge in [-0.2, -0.15) is 4.98 Å².